The summed E-state index contributed by atoms with van der Waals surface area (Å²) in [7, 11) is 0. The van der Waals surface area contributed by atoms with E-state index in [4.69, 9.17) is 28.4 Å². The molecule has 0 spiro atoms. The lowest BCUT2D eigenvalue weighted by Crippen LogP contribution is -2.54. The van der Waals surface area contributed by atoms with Crippen LogP contribution in [0.4, 0.5) is 9.59 Å². The second kappa shape index (κ2) is 20.1. The van der Waals surface area contributed by atoms with E-state index in [1.807, 2.05) is 86.7 Å². The molecule has 0 radical (unpaired) electrons. The van der Waals surface area contributed by atoms with E-state index in [9.17, 15) is 28.8 Å². The van der Waals surface area contributed by atoms with Gasteiger partial charge in [-0.2, -0.15) is 0 Å². The van der Waals surface area contributed by atoms with Crippen molar-refractivity contribution in [2.75, 3.05) is 13.2 Å². The first-order valence-corrected chi connectivity index (χ1v) is 23.6. The normalized spacial score (nSPS) is 32.0. The molecule has 4 fully saturated rings. The number of hydrogen-bond donors (Lipinski definition) is 2. The van der Waals surface area contributed by atoms with Gasteiger partial charge in [0.25, 0.3) is 0 Å². The molecule has 0 unspecified atom stereocenters. The topological polar surface area (TPSA) is 182 Å². The van der Waals surface area contributed by atoms with Crippen molar-refractivity contribution < 1.29 is 57.2 Å². The third-order valence-electron chi connectivity index (χ3n) is 15.2. The number of carbonyl (C=O) groups is 6. The van der Waals surface area contributed by atoms with Crippen LogP contribution in [0.2, 0.25) is 0 Å². The van der Waals surface area contributed by atoms with E-state index in [0.717, 1.165) is 22.3 Å². The fourth-order valence-corrected chi connectivity index (χ4v) is 11.8. The molecule has 2 aliphatic heterocycles. The fourth-order valence-electron chi connectivity index (χ4n) is 11.8. The standard InChI is InChI=1S/2C26H33NO6/c2*1-5-31-25(30)27-20-12-11-17-19(26(20,3)4)13-18-21(15(2)33-23(18)28)22(17)24(29)32-14-16-9-7-6-8-10-16/h2*6-10,13,15,17-18,20-22H,5,11-12,14H2,1-4H3,(H,27,30)/t15-,17-,18-,20+,21-,22+;15-,17-,18-,20-,21-,22+/m11/s1. The number of ether oxygens (including phenoxy) is 6. The van der Waals surface area contributed by atoms with E-state index in [2.05, 4.69) is 38.3 Å². The van der Waals surface area contributed by atoms with E-state index in [1.165, 1.54) is 0 Å². The molecule has 0 aromatic heterocycles. The Morgan fingerprint density at radius 1 is 0.576 bits per heavy atom. The van der Waals surface area contributed by atoms with Gasteiger partial charge in [0.15, 0.2) is 0 Å². The molecule has 356 valence electrons. The highest BCUT2D eigenvalue weighted by molar-refractivity contribution is 5.83. The summed E-state index contributed by atoms with van der Waals surface area (Å²) < 4.78 is 32.9. The minimum absolute atomic E-state index is 0.0679. The second-order valence-corrected chi connectivity index (χ2v) is 19.6. The highest BCUT2D eigenvalue weighted by Crippen LogP contribution is 2.57. The van der Waals surface area contributed by atoms with Crippen molar-refractivity contribution in [2.45, 2.75) is 119 Å². The molecule has 2 saturated carbocycles. The van der Waals surface area contributed by atoms with Gasteiger partial charge in [-0.3, -0.25) is 19.2 Å². The third-order valence-corrected chi connectivity index (χ3v) is 15.2. The third kappa shape index (κ3) is 9.74. The van der Waals surface area contributed by atoms with Gasteiger partial charge in [-0.15, -0.1) is 0 Å². The Morgan fingerprint density at radius 3 is 1.29 bits per heavy atom. The van der Waals surface area contributed by atoms with Gasteiger partial charge in [-0.1, -0.05) is 112 Å². The number of carbonyl (C=O) groups excluding carboxylic acids is 6. The van der Waals surface area contributed by atoms with Crippen LogP contribution in [0.15, 0.2) is 84.0 Å². The number of fused-ring (bicyclic) bond motifs is 4. The molecule has 12 atom stereocenters. The van der Waals surface area contributed by atoms with Crippen LogP contribution in [0, 0.1) is 58.2 Å². The lowest BCUT2D eigenvalue weighted by molar-refractivity contribution is -0.157. The molecule has 4 aliphatic carbocycles. The van der Waals surface area contributed by atoms with E-state index < -0.39 is 46.7 Å². The molecule has 2 heterocycles. The van der Waals surface area contributed by atoms with E-state index in [-0.39, 0.29) is 85.1 Å². The summed E-state index contributed by atoms with van der Waals surface area (Å²) in [6.07, 6.45) is 5.23. The van der Waals surface area contributed by atoms with Gasteiger partial charge in [0, 0.05) is 34.7 Å². The quantitative estimate of drug-likeness (QED) is 0.133. The first-order valence-electron chi connectivity index (χ1n) is 23.6. The Bertz CT molecular complexity index is 2030. The van der Waals surface area contributed by atoms with E-state index in [0.29, 0.717) is 38.9 Å². The van der Waals surface area contributed by atoms with Gasteiger partial charge in [0.2, 0.25) is 0 Å². The summed E-state index contributed by atoms with van der Waals surface area (Å²) in [5, 5.41) is 5.96. The van der Waals surface area contributed by atoms with Crippen molar-refractivity contribution >= 4 is 36.1 Å². The molecular weight excluding hydrogens is 845 g/mol. The number of esters is 4. The maximum atomic E-state index is 13.5. The van der Waals surface area contributed by atoms with Crippen molar-refractivity contribution in [1.29, 1.82) is 0 Å². The monoisotopic (exact) mass is 910 g/mol. The van der Waals surface area contributed by atoms with Crippen LogP contribution >= 0.6 is 0 Å². The number of benzene rings is 2. The van der Waals surface area contributed by atoms with Crippen LogP contribution in [-0.4, -0.2) is 73.6 Å². The van der Waals surface area contributed by atoms with Crippen molar-refractivity contribution in [3.8, 4) is 0 Å². The molecule has 2 N–H and O–H groups in total. The molecule has 2 saturated heterocycles. The Balaban J connectivity index is 0.000000196. The maximum absolute atomic E-state index is 13.5. The highest BCUT2D eigenvalue weighted by atomic mass is 16.6. The maximum Gasteiger partial charge on any atom is 0.407 e. The number of cyclic esters (lactones) is 2. The summed E-state index contributed by atoms with van der Waals surface area (Å²) in [6.45, 7) is 16.5. The molecule has 14 nitrogen and oxygen atoms in total. The van der Waals surface area contributed by atoms with Crippen molar-refractivity contribution in [3.05, 3.63) is 95.1 Å². The fraction of sp³-hybridized carbons (Fsp3) is 0.577. The molecule has 2 amide bonds. The Morgan fingerprint density at radius 2 is 0.939 bits per heavy atom. The van der Waals surface area contributed by atoms with Crippen LogP contribution in [-0.2, 0) is 60.8 Å². The number of rotatable bonds is 10. The molecule has 6 aliphatic rings. The Kier molecular flexibility index (Phi) is 14.7. The molecule has 14 heteroatoms. The Labute approximate surface area is 387 Å². The zero-order chi connectivity index (χ0) is 47.5. The average molecular weight is 911 g/mol. The van der Waals surface area contributed by atoms with E-state index in [1.54, 1.807) is 13.8 Å². The summed E-state index contributed by atoms with van der Waals surface area (Å²) in [6, 6.07) is 18.8. The molecule has 2 aromatic carbocycles. The van der Waals surface area contributed by atoms with Crippen LogP contribution in [0.1, 0.15) is 92.2 Å². The lowest BCUT2D eigenvalue weighted by atomic mass is 9.55. The number of hydrogen-bond acceptors (Lipinski definition) is 12. The lowest BCUT2D eigenvalue weighted by Gasteiger charge is -2.50. The molecule has 2 aromatic rings. The SMILES string of the molecule is CCOC(=O)N[C@@H]1CC[C@@H]2C(=C[C@H]3C(=O)O[C@H](C)[C@H]3[C@H]2C(=O)OCc2ccccc2)C1(C)C.CCOC(=O)N[C@H]1CC[C@@H]2C(=C[C@H]3C(=O)O[C@H](C)[C@H]3[C@H]2C(=O)OCc2ccccc2)C1(C)C. The largest absolute Gasteiger partial charge is 0.462 e. The van der Waals surface area contributed by atoms with Crippen molar-refractivity contribution in [2.24, 2.45) is 58.2 Å². The zero-order valence-corrected chi connectivity index (χ0v) is 39.4. The summed E-state index contributed by atoms with van der Waals surface area (Å²) in [4.78, 5) is 76.6. The van der Waals surface area contributed by atoms with Crippen LogP contribution in [0.25, 0.3) is 0 Å². The van der Waals surface area contributed by atoms with Crippen molar-refractivity contribution in [1.82, 2.24) is 10.6 Å². The first kappa shape index (κ1) is 48.3. The Hall–Kier alpha value is -5.66. The molecule has 66 heavy (non-hydrogen) atoms. The predicted molar refractivity (Wildman–Crippen MR) is 242 cm³/mol. The van der Waals surface area contributed by atoms with Crippen LogP contribution < -0.4 is 10.6 Å². The summed E-state index contributed by atoms with van der Waals surface area (Å²) in [5.74, 6) is -3.72. The summed E-state index contributed by atoms with van der Waals surface area (Å²) in [5.41, 5.74) is 2.97. The van der Waals surface area contributed by atoms with Gasteiger partial charge < -0.3 is 39.1 Å². The van der Waals surface area contributed by atoms with Crippen LogP contribution in [0.5, 0.6) is 0 Å². The zero-order valence-electron chi connectivity index (χ0n) is 39.4. The van der Waals surface area contributed by atoms with Gasteiger partial charge >= 0.3 is 36.1 Å². The molecule has 0 bridgehead atoms. The summed E-state index contributed by atoms with van der Waals surface area (Å²) >= 11 is 0. The predicted octanol–water partition coefficient (Wildman–Crippen LogP) is 8.03. The van der Waals surface area contributed by atoms with Crippen molar-refractivity contribution in [3.63, 3.8) is 0 Å². The highest BCUT2D eigenvalue weighted by Gasteiger charge is 2.60. The average Bonchev–Trinajstić information content (AvgIpc) is 3.74. The van der Waals surface area contributed by atoms with Crippen LogP contribution in [0.3, 0.4) is 0 Å². The van der Waals surface area contributed by atoms with Gasteiger partial charge in [-0.05, 0) is 76.3 Å². The number of amides is 2. The molecular formula is C52H66N2O12. The van der Waals surface area contributed by atoms with E-state index >= 15 is 0 Å². The first-order chi connectivity index (χ1) is 31.5. The minimum atomic E-state index is -0.485. The van der Waals surface area contributed by atoms with Gasteiger partial charge in [0.05, 0.1) is 36.9 Å². The van der Waals surface area contributed by atoms with Gasteiger partial charge in [-0.25, -0.2) is 9.59 Å². The minimum Gasteiger partial charge on any atom is -0.462 e. The number of alkyl carbamates (subject to hydrolysis) is 2. The second-order valence-electron chi connectivity index (χ2n) is 19.6. The molecule has 8 rings (SSSR count). The number of nitrogens with one attached hydrogen (secondary N) is 2. The van der Waals surface area contributed by atoms with Gasteiger partial charge in [0.1, 0.15) is 25.4 Å². The smallest absolute Gasteiger partial charge is 0.407 e.